The maximum absolute atomic E-state index is 3.36. The molecule has 2 nitrogen and oxygen atoms in total. The molecule has 0 spiro atoms. The number of hydrogen-bond acceptors (Lipinski definition) is 1. The van der Waals surface area contributed by atoms with E-state index >= 15 is 0 Å². The molecule has 4 bridgehead atoms. The van der Waals surface area contributed by atoms with Crippen LogP contribution in [0.15, 0.2) is 18.3 Å². The highest BCUT2D eigenvalue weighted by atomic mass is 15.2. The molecule has 4 aliphatic carbocycles. The van der Waals surface area contributed by atoms with Gasteiger partial charge in [0.15, 0.2) is 0 Å². The predicted molar refractivity (Wildman–Crippen MR) is 73.2 cm³/mol. The van der Waals surface area contributed by atoms with E-state index in [1.807, 2.05) is 6.20 Å². The summed E-state index contributed by atoms with van der Waals surface area (Å²) < 4.78 is 0. The zero-order chi connectivity index (χ0) is 12.2. The number of H-pyrrole nitrogens is 1. The molecule has 0 unspecified atom stereocenters. The third kappa shape index (κ3) is 1.65. The summed E-state index contributed by atoms with van der Waals surface area (Å²) in [6.45, 7) is 1.10. The molecule has 5 rings (SSSR count). The number of rotatable bonds is 3. The van der Waals surface area contributed by atoms with Crippen molar-refractivity contribution in [3.05, 3.63) is 24.0 Å². The van der Waals surface area contributed by atoms with Gasteiger partial charge in [0.2, 0.25) is 0 Å². The molecule has 0 radical (unpaired) electrons. The van der Waals surface area contributed by atoms with E-state index < -0.39 is 0 Å². The molecule has 4 aliphatic rings. The van der Waals surface area contributed by atoms with Crippen LogP contribution in [0.4, 0.5) is 0 Å². The van der Waals surface area contributed by atoms with Gasteiger partial charge in [0, 0.05) is 24.0 Å². The first-order valence-electron chi connectivity index (χ1n) is 7.57. The van der Waals surface area contributed by atoms with Crippen LogP contribution in [0.2, 0.25) is 0 Å². The fourth-order valence-electron chi connectivity index (χ4n) is 5.42. The van der Waals surface area contributed by atoms with Crippen molar-refractivity contribution in [1.29, 1.82) is 0 Å². The van der Waals surface area contributed by atoms with Gasteiger partial charge in [-0.05, 0) is 75.5 Å². The Morgan fingerprint density at radius 3 is 2.28 bits per heavy atom. The molecule has 4 saturated carbocycles. The number of aromatic amines is 1. The lowest BCUT2D eigenvalue weighted by molar-refractivity contribution is -0.0825. The van der Waals surface area contributed by atoms with Gasteiger partial charge in [0.1, 0.15) is 0 Å². The van der Waals surface area contributed by atoms with Crippen molar-refractivity contribution in [2.24, 2.45) is 17.8 Å². The summed E-state index contributed by atoms with van der Waals surface area (Å²) in [5, 5.41) is 0. The Bertz CT molecular complexity index is 385. The molecule has 1 aromatic heterocycles. The van der Waals surface area contributed by atoms with E-state index in [1.54, 1.807) is 0 Å². The van der Waals surface area contributed by atoms with Gasteiger partial charge in [-0.1, -0.05) is 0 Å². The van der Waals surface area contributed by atoms with Crippen molar-refractivity contribution in [2.75, 3.05) is 7.05 Å². The van der Waals surface area contributed by atoms with Gasteiger partial charge in [-0.3, -0.25) is 4.90 Å². The van der Waals surface area contributed by atoms with Gasteiger partial charge >= 0.3 is 0 Å². The second-order valence-corrected chi connectivity index (χ2v) is 7.19. The maximum atomic E-state index is 3.36. The minimum atomic E-state index is 0.542. The van der Waals surface area contributed by atoms with Gasteiger partial charge in [0.25, 0.3) is 0 Å². The fourth-order valence-corrected chi connectivity index (χ4v) is 5.42. The molecule has 0 atom stereocenters. The zero-order valence-electron chi connectivity index (χ0n) is 11.4. The second kappa shape index (κ2) is 3.86. The lowest BCUT2D eigenvalue weighted by Gasteiger charge is -2.60. The lowest BCUT2D eigenvalue weighted by Crippen LogP contribution is -2.58. The van der Waals surface area contributed by atoms with Crippen molar-refractivity contribution >= 4 is 0 Å². The van der Waals surface area contributed by atoms with Crippen LogP contribution in [0.3, 0.4) is 0 Å². The van der Waals surface area contributed by atoms with Crippen molar-refractivity contribution in [3.8, 4) is 0 Å². The number of nitrogens with one attached hydrogen (secondary N) is 1. The Morgan fingerprint density at radius 1 is 1.17 bits per heavy atom. The Morgan fingerprint density at radius 2 is 1.78 bits per heavy atom. The summed E-state index contributed by atoms with van der Waals surface area (Å²) in [4.78, 5) is 6.03. The molecule has 0 saturated heterocycles. The van der Waals surface area contributed by atoms with Crippen LogP contribution < -0.4 is 0 Å². The van der Waals surface area contributed by atoms with Gasteiger partial charge in [0.05, 0.1) is 0 Å². The monoisotopic (exact) mass is 244 g/mol. The lowest BCUT2D eigenvalue weighted by atomic mass is 9.52. The molecule has 0 aliphatic heterocycles. The Labute approximate surface area is 110 Å². The quantitative estimate of drug-likeness (QED) is 0.863. The third-order valence-corrected chi connectivity index (χ3v) is 5.89. The predicted octanol–water partition coefficient (Wildman–Crippen LogP) is 3.42. The summed E-state index contributed by atoms with van der Waals surface area (Å²) >= 11 is 0. The average Bonchev–Trinajstić information content (AvgIpc) is 2.79. The van der Waals surface area contributed by atoms with Crippen LogP contribution in [0.1, 0.15) is 44.2 Å². The van der Waals surface area contributed by atoms with Crippen LogP contribution in [-0.2, 0) is 6.54 Å². The Kier molecular flexibility index (Phi) is 2.38. The molecule has 1 N–H and O–H groups in total. The molecule has 4 fully saturated rings. The van der Waals surface area contributed by atoms with Crippen molar-refractivity contribution in [2.45, 2.75) is 50.6 Å². The van der Waals surface area contributed by atoms with E-state index in [4.69, 9.17) is 0 Å². The number of hydrogen-bond donors (Lipinski definition) is 1. The van der Waals surface area contributed by atoms with Crippen molar-refractivity contribution < 1.29 is 0 Å². The normalized spacial score (nSPS) is 41.8. The van der Waals surface area contributed by atoms with Crippen molar-refractivity contribution in [3.63, 3.8) is 0 Å². The SMILES string of the molecule is CN(Cc1ccc[nH]1)C12CC3CC(CC(C3)C1)C2. The van der Waals surface area contributed by atoms with Gasteiger partial charge in [-0.25, -0.2) is 0 Å². The fraction of sp³-hybridized carbons (Fsp3) is 0.750. The molecule has 1 heterocycles. The van der Waals surface area contributed by atoms with Gasteiger partial charge in [-0.15, -0.1) is 0 Å². The van der Waals surface area contributed by atoms with E-state index in [-0.39, 0.29) is 0 Å². The van der Waals surface area contributed by atoms with Crippen LogP contribution >= 0.6 is 0 Å². The highest BCUT2D eigenvalue weighted by Crippen LogP contribution is 2.57. The minimum Gasteiger partial charge on any atom is -0.364 e. The number of nitrogens with zero attached hydrogens (tertiary/aromatic N) is 1. The average molecular weight is 244 g/mol. The van der Waals surface area contributed by atoms with E-state index in [1.165, 1.54) is 44.2 Å². The maximum Gasteiger partial charge on any atom is 0.0387 e. The summed E-state index contributed by atoms with van der Waals surface area (Å²) in [5.74, 6) is 3.13. The first kappa shape index (κ1) is 11.1. The summed E-state index contributed by atoms with van der Waals surface area (Å²) in [5.41, 5.74) is 1.91. The van der Waals surface area contributed by atoms with Gasteiger partial charge in [-0.2, -0.15) is 0 Å². The molecular weight excluding hydrogens is 220 g/mol. The molecule has 1 aromatic rings. The van der Waals surface area contributed by atoms with Crippen LogP contribution in [-0.4, -0.2) is 22.5 Å². The topological polar surface area (TPSA) is 19.0 Å². The van der Waals surface area contributed by atoms with Crippen LogP contribution in [0, 0.1) is 17.8 Å². The first-order chi connectivity index (χ1) is 8.73. The highest BCUT2D eigenvalue weighted by Gasteiger charge is 2.52. The molecular formula is C16H24N2. The van der Waals surface area contributed by atoms with E-state index in [9.17, 15) is 0 Å². The molecule has 2 heteroatoms. The Balaban J connectivity index is 1.56. The molecule has 18 heavy (non-hydrogen) atoms. The minimum absolute atomic E-state index is 0.542. The standard InChI is InChI=1S/C16H24N2/c1-18(11-15-3-2-4-17-15)16-8-12-5-13(9-16)7-14(6-12)10-16/h2-4,12-14,17H,5-11H2,1H3. The molecule has 98 valence electrons. The van der Waals surface area contributed by atoms with Gasteiger partial charge < -0.3 is 4.98 Å². The number of aromatic nitrogens is 1. The smallest absolute Gasteiger partial charge is 0.0387 e. The van der Waals surface area contributed by atoms with E-state index in [0.717, 1.165) is 24.3 Å². The Hall–Kier alpha value is -0.760. The summed E-state index contributed by atoms with van der Waals surface area (Å²) in [7, 11) is 2.36. The summed E-state index contributed by atoms with van der Waals surface area (Å²) in [6, 6.07) is 4.33. The van der Waals surface area contributed by atoms with E-state index in [0.29, 0.717) is 5.54 Å². The summed E-state index contributed by atoms with van der Waals surface area (Å²) in [6.07, 6.45) is 11.1. The second-order valence-electron chi connectivity index (χ2n) is 7.19. The highest BCUT2D eigenvalue weighted by molar-refractivity contribution is 5.09. The van der Waals surface area contributed by atoms with Crippen LogP contribution in [0.5, 0.6) is 0 Å². The van der Waals surface area contributed by atoms with Crippen LogP contribution in [0.25, 0.3) is 0 Å². The van der Waals surface area contributed by atoms with Crippen molar-refractivity contribution in [1.82, 2.24) is 9.88 Å². The third-order valence-electron chi connectivity index (χ3n) is 5.89. The van der Waals surface area contributed by atoms with E-state index in [2.05, 4.69) is 29.1 Å². The molecule has 0 aromatic carbocycles. The molecule has 0 amide bonds. The first-order valence-corrected chi connectivity index (χ1v) is 7.57. The zero-order valence-corrected chi connectivity index (χ0v) is 11.4. The largest absolute Gasteiger partial charge is 0.364 e.